The average molecular weight is 341 g/mol. The number of aromatic nitrogens is 2. The minimum atomic E-state index is -0.114. The molecule has 0 atom stereocenters. The highest BCUT2D eigenvalue weighted by atomic mass is 32.2. The molecule has 0 saturated carbocycles. The highest BCUT2D eigenvalue weighted by molar-refractivity contribution is 8.13. The van der Waals surface area contributed by atoms with Crippen LogP contribution in [0.25, 0.3) is 11.3 Å². The van der Waals surface area contributed by atoms with Gasteiger partial charge in [-0.25, -0.2) is 4.68 Å². The molecule has 124 valence electrons. The second-order valence-electron chi connectivity index (χ2n) is 5.08. The van der Waals surface area contributed by atoms with Crippen molar-refractivity contribution in [3.8, 4) is 17.5 Å². The minimum Gasteiger partial charge on any atom is -0.272 e. The van der Waals surface area contributed by atoms with Gasteiger partial charge in [0.05, 0.1) is 5.69 Å². The first kappa shape index (κ1) is 17.8. The molecule has 1 aromatic carbocycles. The van der Waals surface area contributed by atoms with E-state index < -0.39 is 0 Å². The van der Waals surface area contributed by atoms with E-state index >= 15 is 0 Å². The Hall–Kier alpha value is -2.59. The molecule has 7 heteroatoms. The summed E-state index contributed by atoms with van der Waals surface area (Å²) in [7, 11) is 0. The molecule has 0 fully saturated rings. The van der Waals surface area contributed by atoms with Gasteiger partial charge in [-0.15, -0.1) is 0 Å². The van der Waals surface area contributed by atoms with Gasteiger partial charge >= 0.3 is 0 Å². The number of nitriles is 1. The molecule has 0 aliphatic heterocycles. The van der Waals surface area contributed by atoms with Crippen LogP contribution in [-0.4, -0.2) is 27.7 Å². The summed E-state index contributed by atoms with van der Waals surface area (Å²) in [5.41, 5.74) is 2.55. The van der Waals surface area contributed by atoms with Crippen LogP contribution in [-0.2, 0) is 6.54 Å². The van der Waals surface area contributed by atoms with Gasteiger partial charge in [0.15, 0.2) is 11.4 Å². The van der Waals surface area contributed by atoms with Crippen molar-refractivity contribution in [1.82, 2.24) is 15.1 Å². The lowest BCUT2D eigenvalue weighted by atomic mass is 10.1. The molecule has 2 rings (SSSR count). The van der Waals surface area contributed by atoms with Crippen LogP contribution in [0.15, 0.2) is 46.2 Å². The monoisotopic (exact) mass is 341 g/mol. The van der Waals surface area contributed by atoms with Crippen LogP contribution in [0, 0.1) is 18.4 Å². The van der Waals surface area contributed by atoms with Crippen LogP contribution in [0.1, 0.15) is 12.0 Å². The summed E-state index contributed by atoms with van der Waals surface area (Å²) in [6.07, 6.45) is 4.37. The number of rotatable bonds is 5. The van der Waals surface area contributed by atoms with Gasteiger partial charge in [-0.05, 0) is 25.2 Å². The van der Waals surface area contributed by atoms with Crippen LogP contribution in [0.4, 0.5) is 0 Å². The Bertz CT molecular complexity index is 808. The predicted molar refractivity (Wildman–Crippen MR) is 97.9 cm³/mol. The summed E-state index contributed by atoms with van der Waals surface area (Å²) in [6.45, 7) is 2.90. The van der Waals surface area contributed by atoms with Crippen LogP contribution in [0.2, 0.25) is 0 Å². The molecule has 0 saturated heterocycles. The number of benzene rings is 1. The Labute approximate surface area is 145 Å². The Morgan fingerprint density at radius 1 is 1.42 bits per heavy atom. The van der Waals surface area contributed by atoms with E-state index in [1.807, 2.05) is 49.7 Å². The number of thioether (sulfide) groups is 1. The summed E-state index contributed by atoms with van der Waals surface area (Å²) in [6, 6.07) is 11.4. The zero-order valence-corrected chi connectivity index (χ0v) is 14.5. The van der Waals surface area contributed by atoms with Crippen molar-refractivity contribution in [2.24, 2.45) is 4.99 Å². The largest absolute Gasteiger partial charge is 0.272 e. The number of nitrogens with one attached hydrogen (secondary N) is 1. The lowest BCUT2D eigenvalue weighted by Crippen LogP contribution is -2.24. The molecule has 6 nitrogen and oxygen atoms in total. The molecule has 0 radical (unpaired) electrons. The fourth-order valence-electron chi connectivity index (χ4n) is 2.22. The normalized spacial score (nSPS) is 11.1. The van der Waals surface area contributed by atoms with Gasteiger partial charge < -0.3 is 0 Å². The molecule has 1 aromatic heterocycles. The second-order valence-corrected chi connectivity index (χ2v) is 5.88. The third-order valence-corrected chi connectivity index (χ3v) is 3.99. The topological polar surface area (TPSA) is 83.1 Å². The van der Waals surface area contributed by atoms with E-state index in [1.54, 1.807) is 6.07 Å². The van der Waals surface area contributed by atoms with Gasteiger partial charge in [0.2, 0.25) is 0 Å². The average Bonchev–Trinajstić information content (AvgIpc) is 2.60. The molecule has 0 bridgehead atoms. The van der Waals surface area contributed by atoms with Crippen LogP contribution in [0.3, 0.4) is 0 Å². The molecule has 0 amide bonds. The molecule has 0 unspecified atom stereocenters. The third-order valence-electron chi connectivity index (χ3n) is 3.38. The quantitative estimate of drug-likeness (QED) is 0.297. The van der Waals surface area contributed by atoms with Gasteiger partial charge in [-0.2, -0.15) is 10.4 Å². The smallest absolute Gasteiger partial charge is 0.267 e. The third kappa shape index (κ3) is 4.70. The Balaban J connectivity index is 2.11. The Morgan fingerprint density at radius 2 is 2.17 bits per heavy atom. The summed E-state index contributed by atoms with van der Waals surface area (Å²) < 4.78 is 1.47. The second kappa shape index (κ2) is 8.89. The maximum atomic E-state index is 12.1. The van der Waals surface area contributed by atoms with E-state index in [-0.39, 0.29) is 5.56 Å². The zero-order chi connectivity index (χ0) is 17.4. The number of nitrogens with zero attached hydrogens (tertiary/aromatic N) is 4. The molecule has 0 aliphatic carbocycles. The van der Waals surface area contributed by atoms with Crippen molar-refractivity contribution >= 4 is 16.9 Å². The zero-order valence-electron chi connectivity index (χ0n) is 13.7. The van der Waals surface area contributed by atoms with Crippen molar-refractivity contribution in [2.45, 2.75) is 19.9 Å². The SMILES string of the molecule is CSC(=NCCCn1nc(-c2ccccc2)c(C)cc1=O)NC#N. The summed E-state index contributed by atoms with van der Waals surface area (Å²) in [5, 5.41) is 16.2. The fourth-order valence-corrected chi connectivity index (χ4v) is 2.59. The molecular weight excluding hydrogens is 322 g/mol. The number of hydrogen-bond acceptors (Lipinski definition) is 5. The number of aliphatic imine (C=N–C) groups is 1. The van der Waals surface area contributed by atoms with E-state index in [9.17, 15) is 4.79 Å². The lowest BCUT2D eigenvalue weighted by Gasteiger charge is -2.09. The van der Waals surface area contributed by atoms with E-state index in [2.05, 4.69) is 15.4 Å². The van der Waals surface area contributed by atoms with Crippen molar-refractivity contribution < 1.29 is 0 Å². The molecule has 2 aromatic rings. The van der Waals surface area contributed by atoms with Crippen molar-refractivity contribution in [3.05, 3.63) is 52.3 Å². The predicted octanol–water partition coefficient (Wildman–Crippen LogP) is 2.40. The maximum absolute atomic E-state index is 12.1. The standard InChI is InChI=1S/C17H19N5OS/c1-13-11-15(23)22(10-6-9-19-17(24-2)20-12-18)21-16(13)14-7-4-3-5-8-14/h3-5,7-8,11H,6,9-10H2,1-2H3,(H,19,20). The van der Waals surface area contributed by atoms with E-state index in [1.165, 1.54) is 16.4 Å². The number of amidine groups is 1. The van der Waals surface area contributed by atoms with Crippen molar-refractivity contribution in [1.29, 1.82) is 5.26 Å². The van der Waals surface area contributed by atoms with Crippen molar-refractivity contribution in [3.63, 3.8) is 0 Å². The first-order chi connectivity index (χ1) is 11.7. The number of hydrogen-bond donors (Lipinski definition) is 1. The van der Waals surface area contributed by atoms with Crippen LogP contribution in [0.5, 0.6) is 0 Å². The molecular formula is C17H19N5OS. The molecule has 24 heavy (non-hydrogen) atoms. The van der Waals surface area contributed by atoms with Crippen molar-refractivity contribution in [2.75, 3.05) is 12.8 Å². The van der Waals surface area contributed by atoms with E-state index in [0.29, 0.717) is 24.7 Å². The molecule has 1 heterocycles. The molecule has 0 aliphatic rings. The van der Waals surface area contributed by atoms with Crippen LogP contribution >= 0.6 is 11.8 Å². The summed E-state index contributed by atoms with van der Waals surface area (Å²) in [5.74, 6) is 0. The highest BCUT2D eigenvalue weighted by Crippen LogP contribution is 2.18. The number of aryl methyl sites for hydroxylation is 2. The molecule has 1 N–H and O–H groups in total. The first-order valence-electron chi connectivity index (χ1n) is 7.53. The van der Waals surface area contributed by atoms with Gasteiger partial charge in [0, 0.05) is 24.7 Å². The summed E-state index contributed by atoms with van der Waals surface area (Å²) >= 11 is 1.38. The summed E-state index contributed by atoms with van der Waals surface area (Å²) in [4.78, 5) is 16.4. The first-order valence-corrected chi connectivity index (χ1v) is 8.76. The van der Waals surface area contributed by atoms with Crippen LogP contribution < -0.4 is 10.9 Å². The minimum absolute atomic E-state index is 0.114. The maximum Gasteiger partial charge on any atom is 0.267 e. The Morgan fingerprint density at radius 3 is 2.83 bits per heavy atom. The van der Waals surface area contributed by atoms with Gasteiger partial charge in [0.1, 0.15) is 0 Å². The van der Waals surface area contributed by atoms with Gasteiger partial charge in [-0.1, -0.05) is 42.1 Å². The highest BCUT2D eigenvalue weighted by Gasteiger charge is 2.07. The van der Waals surface area contributed by atoms with Gasteiger partial charge in [-0.3, -0.25) is 15.1 Å². The Kier molecular flexibility index (Phi) is 6.58. The lowest BCUT2D eigenvalue weighted by molar-refractivity contribution is 0.555. The van der Waals surface area contributed by atoms with E-state index in [0.717, 1.165) is 16.8 Å². The fraction of sp³-hybridized carbons (Fsp3) is 0.294. The van der Waals surface area contributed by atoms with Gasteiger partial charge in [0.25, 0.3) is 5.56 Å². The van der Waals surface area contributed by atoms with E-state index in [4.69, 9.17) is 5.26 Å². The molecule has 0 spiro atoms.